The molecule has 2 heterocycles. The standard InChI is InChI=1S/C30H32FN5O3/c1-3-38-22-14-24(27(31)26(15-22)39-21-12-13-37-17-21)28(35-20-10-8-19(9-11-20)29(32)33)30-34-16-25(36-30)23-7-5-4-6-18(23)2/h4-11,14-16,21,28,35H,3,12-13,17H2,1-2H3,(H3,32,33)(H,34,36)/t21-,28?/m0/s1. The predicted molar refractivity (Wildman–Crippen MR) is 149 cm³/mol. The van der Waals surface area contributed by atoms with Gasteiger partial charge in [-0.05, 0) is 49.7 Å². The van der Waals surface area contributed by atoms with E-state index in [9.17, 15) is 0 Å². The first-order chi connectivity index (χ1) is 18.9. The number of amidine groups is 1. The number of halogens is 1. The average molecular weight is 530 g/mol. The van der Waals surface area contributed by atoms with Crippen molar-refractivity contribution in [2.24, 2.45) is 5.73 Å². The lowest BCUT2D eigenvalue weighted by atomic mass is 10.0. The van der Waals surface area contributed by atoms with Crippen molar-refractivity contribution in [1.29, 1.82) is 5.41 Å². The van der Waals surface area contributed by atoms with Crippen LogP contribution >= 0.6 is 0 Å². The number of aromatic amines is 1. The molecule has 39 heavy (non-hydrogen) atoms. The maximum absolute atomic E-state index is 16.2. The van der Waals surface area contributed by atoms with Gasteiger partial charge < -0.3 is 30.2 Å². The molecule has 0 saturated carbocycles. The number of benzene rings is 3. The van der Waals surface area contributed by atoms with Gasteiger partial charge in [0.15, 0.2) is 11.6 Å². The first kappa shape index (κ1) is 26.2. The number of hydrogen-bond acceptors (Lipinski definition) is 6. The lowest BCUT2D eigenvalue weighted by molar-refractivity contribution is 0.137. The molecule has 0 spiro atoms. The van der Waals surface area contributed by atoms with Crippen LogP contribution in [-0.4, -0.2) is 41.7 Å². The molecule has 0 bridgehead atoms. The highest BCUT2D eigenvalue weighted by Crippen LogP contribution is 2.37. The normalized spacial score (nSPS) is 15.6. The largest absolute Gasteiger partial charge is 0.494 e. The van der Waals surface area contributed by atoms with E-state index in [-0.39, 0.29) is 17.7 Å². The third-order valence-corrected chi connectivity index (χ3v) is 6.66. The molecule has 0 amide bonds. The molecule has 5 N–H and O–H groups in total. The molecule has 5 rings (SSSR count). The molecule has 0 aliphatic carbocycles. The number of rotatable bonds is 10. The number of nitrogens with one attached hydrogen (secondary N) is 3. The van der Waals surface area contributed by atoms with E-state index in [2.05, 4.69) is 15.3 Å². The fraction of sp³-hybridized carbons (Fsp3) is 0.267. The van der Waals surface area contributed by atoms with E-state index >= 15 is 4.39 Å². The highest BCUT2D eigenvalue weighted by atomic mass is 19.1. The van der Waals surface area contributed by atoms with E-state index in [0.717, 1.165) is 16.8 Å². The van der Waals surface area contributed by atoms with Gasteiger partial charge in [0.1, 0.15) is 29.6 Å². The molecule has 3 aromatic carbocycles. The van der Waals surface area contributed by atoms with E-state index in [0.29, 0.717) is 54.6 Å². The van der Waals surface area contributed by atoms with Crippen molar-refractivity contribution in [2.45, 2.75) is 32.4 Å². The molecular formula is C30H32FN5O3. The van der Waals surface area contributed by atoms with Gasteiger partial charge in [-0.2, -0.15) is 0 Å². The van der Waals surface area contributed by atoms with Gasteiger partial charge in [-0.1, -0.05) is 24.3 Å². The Balaban J connectivity index is 1.59. The van der Waals surface area contributed by atoms with Gasteiger partial charge in [0.05, 0.1) is 31.7 Å². The van der Waals surface area contributed by atoms with Gasteiger partial charge in [0, 0.05) is 34.9 Å². The van der Waals surface area contributed by atoms with Gasteiger partial charge in [-0.15, -0.1) is 0 Å². The van der Waals surface area contributed by atoms with Crippen molar-refractivity contribution in [2.75, 3.05) is 25.1 Å². The summed E-state index contributed by atoms with van der Waals surface area (Å²) in [6.07, 6.45) is 2.21. The molecular weight excluding hydrogens is 497 g/mol. The van der Waals surface area contributed by atoms with Crippen molar-refractivity contribution < 1.29 is 18.6 Å². The fourth-order valence-electron chi connectivity index (χ4n) is 4.63. The third kappa shape index (κ3) is 5.88. The van der Waals surface area contributed by atoms with Gasteiger partial charge in [0.2, 0.25) is 0 Å². The molecule has 1 aliphatic rings. The number of nitrogen functional groups attached to an aromatic ring is 1. The van der Waals surface area contributed by atoms with E-state index in [1.165, 1.54) is 0 Å². The van der Waals surface area contributed by atoms with E-state index in [4.69, 9.17) is 25.4 Å². The summed E-state index contributed by atoms with van der Waals surface area (Å²) < 4.78 is 33.5. The summed E-state index contributed by atoms with van der Waals surface area (Å²) in [4.78, 5) is 8.06. The Kier molecular flexibility index (Phi) is 7.79. The lowest BCUT2D eigenvalue weighted by Gasteiger charge is -2.22. The van der Waals surface area contributed by atoms with Gasteiger partial charge in [0.25, 0.3) is 0 Å². The number of aryl methyl sites for hydroxylation is 1. The number of nitrogens with two attached hydrogens (primary N) is 1. The first-order valence-corrected chi connectivity index (χ1v) is 13.0. The highest BCUT2D eigenvalue weighted by Gasteiger charge is 2.27. The van der Waals surface area contributed by atoms with Gasteiger partial charge in [-0.25, -0.2) is 9.37 Å². The summed E-state index contributed by atoms with van der Waals surface area (Å²) in [6.45, 7) is 5.32. The Hall–Kier alpha value is -4.37. The summed E-state index contributed by atoms with van der Waals surface area (Å²) >= 11 is 0. The summed E-state index contributed by atoms with van der Waals surface area (Å²) in [5.41, 5.74) is 10.2. The number of hydrogen-bond donors (Lipinski definition) is 4. The van der Waals surface area contributed by atoms with Crippen LogP contribution in [0.15, 0.2) is 66.9 Å². The number of ether oxygens (including phenoxy) is 3. The van der Waals surface area contributed by atoms with Crippen LogP contribution in [0.2, 0.25) is 0 Å². The molecule has 1 saturated heterocycles. The van der Waals surface area contributed by atoms with Crippen LogP contribution in [0, 0.1) is 18.2 Å². The molecule has 8 nitrogen and oxygen atoms in total. The van der Waals surface area contributed by atoms with E-state index < -0.39 is 11.9 Å². The molecule has 1 aromatic heterocycles. The maximum atomic E-state index is 16.2. The van der Waals surface area contributed by atoms with Crippen LogP contribution in [0.1, 0.15) is 41.9 Å². The van der Waals surface area contributed by atoms with Crippen LogP contribution in [0.4, 0.5) is 10.1 Å². The van der Waals surface area contributed by atoms with Crippen LogP contribution in [-0.2, 0) is 4.74 Å². The predicted octanol–water partition coefficient (Wildman–Crippen LogP) is 5.58. The molecule has 4 aromatic rings. The zero-order valence-electron chi connectivity index (χ0n) is 22.0. The van der Waals surface area contributed by atoms with Crippen molar-refractivity contribution in [3.05, 3.63) is 95.2 Å². The number of aromatic nitrogens is 2. The van der Waals surface area contributed by atoms with E-state index in [1.54, 1.807) is 42.6 Å². The highest BCUT2D eigenvalue weighted by molar-refractivity contribution is 5.95. The van der Waals surface area contributed by atoms with Gasteiger partial charge >= 0.3 is 0 Å². The molecule has 0 radical (unpaired) electrons. The third-order valence-electron chi connectivity index (χ3n) is 6.66. The Labute approximate surface area is 226 Å². The minimum absolute atomic E-state index is 0.0276. The molecule has 1 fully saturated rings. The Morgan fingerprint density at radius 2 is 2.03 bits per heavy atom. The average Bonchev–Trinajstić information content (AvgIpc) is 3.63. The second-order valence-corrected chi connectivity index (χ2v) is 9.43. The monoisotopic (exact) mass is 529 g/mol. The smallest absolute Gasteiger partial charge is 0.171 e. The number of anilines is 1. The quantitative estimate of drug-likeness (QED) is 0.157. The summed E-state index contributed by atoms with van der Waals surface area (Å²) in [6, 6.07) is 17.6. The molecule has 202 valence electrons. The molecule has 2 atom stereocenters. The minimum atomic E-state index is -0.714. The van der Waals surface area contributed by atoms with Crippen LogP contribution < -0.4 is 20.5 Å². The fourth-order valence-corrected chi connectivity index (χ4v) is 4.63. The Morgan fingerprint density at radius 1 is 1.23 bits per heavy atom. The van der Waals surface area contributed by atoms with Crippen molar-refractivity contribution in [3.63, 3.8) is 0 Å². The van der Waals surface area contributed by atoms with Crippen molar-refractivity contribution >= 4 is 11.5 Å². The van der Waals surface area contributed by atoms with Gasteiger partial charge in [-0.3, -0.25) is 5.41 Å². The summed E-state index contributed by atoms with van der Waals surface area (Å²) in [5.74, 6) is 0.590. The number of nitrogens with zero attached hydrogens (tertiary/aromatic N) is 1. The van der Waals surface area contributed by atoms with E-state index in [1.807, 2.05) is 38.1 Å². The SMILES string of the molecule is CCOc1cc(O[C@H]2CCOC2)c(F)c(C(Nc2ccc(C(=N)N)cc2)c2ncc(-c3ccccc3C)[nH]2)c1. The van der Waals surface area contributed by atoms with Crippen LogP contribution in [0.5, 0.6) is 11.5 Å². The zero-order chi connectivity index (χ0) is 27.4. The molecule has 9 heteroatoms. The number of H-pyrrole nitrogens is 1. The topological polar surface area (TPSA) is 118 Å². The first-order valence-electron chi connectivity index (χ1n) is 13.0. The Bertz CT molecular complexity index is 1450. The second-order valence-electron chi connectivity index (χ2n) is 9.43. The molecule has 1 unspecified atom stereocenters. The summed E-state index contributed by atoms with van der Waals surface area (Å²) in [5, 5.41) is 11.1. The van der Waals surface area contributed by atoms with Crippen molar-refractivity contribution in [1.82, 2.24) is 9.97 Å². The van der Waals surface area contributed by atoms with Crippen molar-refractivity contribution in [3.8, 4) is 22.8 Å². The van der Waals surface area contributed by atoms with Crippen LogP contribution in [0.25, 0.3) is 11.3 Å². The van der Waals surface area contributed by atoms with Crippen LogP contribution in [0.3, 0.4) is 0 Å². The lowest BCUT2D eigenvalue weighted by Crippen LogP contribution is -2.20. The summed E-state index contributed by atoms with van der Waals surface area (Å²) in [7, 11) is 0. The molecule has 1 aliphatic heterocycles. The minimum Gasteiger partial charge on any atom is -0.494 e. The maximum Gasteiger partial charge on any atom is 0.171 e. The number of imidazole rings is 1. The second kappa shape index (κ2) is 11.6. The zero-order valence-corrected chi connectivity index (χ0v) is 22.0. The Morgan fingerprint density at radius 3 is 2.72 bits per heavy atom.